The molecule has 6 heteroatoms. The minimum atomic E-state index is -0.315. The van der Waals surface area contributed by atoms with Crippen LogP contribution in [0, 0.1) is 5.82 Å². The molecule has 0 bridgehead atoms. The summed E-state index contributed by atoms with van der Waals surface area (Å²) in [5, 5.41) is 3.91. The quantitative estimate of drug-likeness (QED) is 0.718. The Morgan fingerprint density at radius 3 is 2.81 bits per heavy atom. The Bertz CT molecular complexity index is 921. The fourth-order valence-corrected chi connectivity index (χ4v) is 3.21. The molecule has 0 saturated carbocycles. The number of aryl methyl sites for hydroxylation is 2. The van der Waals surface area contributed by atoms with Gasteiger partial charge in [-0.1, -0.05) is 23.4 Å². The molecular weight excluding hydrogens is 333 g/mol. The van der Waals surface area contributed by atoms with E-state index in [-0.39, 0.29) is 11.7 Å². The van der Waals surface area contributed by atoms with Crippen molar-refractivity contribution in [2.75, 3.05) is 11.4 Å². The summed E-state index contributed by atoms with van der Waals surface area (Å²) in [7, 11) is 0. The first-order chi connectivity index (χ1) is 12.7. The Balaban J connectivity index is 1.42. The fourth-order valence-electron chi connectivity index (χ4n) is 3.21. The van der Waals surface area contributed by atoms with Crippen LogP contribution in [0.1, 0.15) is 24.3 Å². The molecule has 132 valence electrons. The number of fused-ring (bicyclic) bond motifs is 1. The molecule has 4 rings (SSSR count). The summed E-state index contributed by atoms with van der Waals surface area (Å²) in [6, 6.07) is 13.9. The van der Waals surface area contributed by atoms with Gasteiger partial charge in [0, 0.05) is 30.6 Å². The van der Waals surface area contributed by atoms with Crippen LogP contribution in [0.15, 0.2) is 53.1 Å². The average molecular weight is 351 g/mol. The van der Waals surface area contributed by atoms with Gasteiger partial charge in [0.1, 0.15) is 5.82 Å². The van der Waals surface area contributed by atoms with E-state index in [1.54, 1.807) is 12.1 Å². The number of nitrogens with zero attached hydrogens (tertiary/aromatic N) is 3. The van der Waals surface area contributed by atoms with Crippen LogP contribution in [-0.4, -0.2) is 22.6 Å². The van der Waals surface area contributed by atoms with Crippen LogP contribution in [0.5, 0.6) is 0 Å². The number of rotatable bonds is 4. The van der Waals surface area contributed by atoms with Gasteiger partial charge >= 0.3 is 0 Å². The molecule has 2 aromatic carbocycles. The predicted molar refractivity (Wildman–Crippen MR) is 95.1 cm³/mol. The standard InChI is InChI=1S/C20H18FN3O2/c21-16-9-7-15(8-10-16)20-22-18(26-23-20)11-12-19(25)24-13-3-5-14-4-1-2-6-17(14)24/h1-2,4,6-10H,3,5,11-13H2. The van der Waals surface area contributed by atoms with E-state index >= 15 is 0 Å². The molecule has 3 aromatic rings. The van der Waals surface area contributed by atoms with Crippen LogP contribution in [0.3, 0.4) is 0 Å². The summed E-state index contributed by atoms with van der Waals surface area (Å²) in [6.07, 6.45) is 2.66. The maximum atomic E-state index is 13.0. The van der Waals surface area contributed by atoms with Gasteiger partial charge in [0.05, 0.1) is 0 Å². The maximum absolute atomic E-state index is 13.0. The summed E-state index contributed by atoms with van der Waals surface area (Å²) in [5.41, 5.74) is 2.89. The highest BCUT2D eigenvalue weighted by molar-refractivity contribution is 5.94. The highest BCUT2D eigenvalue weighted by Gasteiger charge is 2.22. The number of carbonyl (C=O) groups is 1. The number of hydrogen-bond donors (Lipinski definition) is 0. The van der Waals surface area contributed by atoms with E-state index in [0.717, 1.165) is 25.1 Å². The van der Waals surface area contributed by atoms with Gasteiger partial charge in [-0.25, -0.2) is 4.39 Å². The third kappa shape index (κ3) is 3.35. The van der Waals surface area contributed by atoms with Gasteiger partial charge in [0.2, 0.25) is 17.6 Å². The SMILES string of the molecule is O=C(CCc1nc(-c2ccc(F)cc2)no1)N1CCCc2ccccc21. The van der Waals surface area contributed by atoms with E-state index in [4.69, 9.17) is 4.52 Å². The highest BCUT2D eigenvalue weighted by atomic mass is 19.1. The first-order valence-corrected chi connectivity index (χ1v) is 8.67. The summed E-state index contributed by atoms with van der Waals surface area (Å²) in [4.78, 5) is 18.8. The second-order valence-corrected chi connectivity index (χ2v) is 6.30. The van der Waals surface area contributed by atoms with Gasteiger partial charge in [-0.15, -0.1) is 0 Å². The average Bonchev–Trinajstić information content (AvgIpc) is 3.15. The zero-order valence-electron chi connectivity index (χ0n) is 14.2. The van der Waals surface area contributed by atoms with Crippen molar-refractivity contribution >= 4 is 11.6 Å². The molecule has 1 aliphatic rings. The van der Waals surface area contributed by atoms with Crippen LogP contribution >= 0.6 is 0 Å². The summed E-state index contributed by atoms with van der Waals surface area (Å²) >= 11 is 0. The van der Waals surface area contributed by atoms with Crippen LogP contribution in [0.2, 0.25) is 0 Å². The van der Waals surface area contributed by atoms with Crippen molar-refractivity contribution < 1.29 is 13.7 Å². The van der Waals surface area contributed by atoms with Gasteiger partial charge in [-0.3, -0.25) is 4.79 Å². The summed E-state index contributed by atoms with van der Waals surface area (Å²) in [5.74, 6) is 0.544. The van der Waals surface area contributed by atoms with Gasteiger partial charge in [-0.05, 0) is 48.7 Å². The molecule has 2 heterocycles. The number of para-hydroxylation sites is 1. The smallest absolute Gasteiger partial charge is 0.227 e. The summed E-state index contributed by atoms with van der Waals surface area (Å²) in [6.45, 7) is 0.737. The van der Waals surface area contributed by atoms with E-state index in [0.29, 0.717) is 30.1 Å². The largest absolute Gasteiger partial charge is 0.339 e. The zero-order valence-corrected chi connectivity index (χ0v) is 14.2. The Kier molecular flexibility index (Phi) is 4.48. The maximum Gasteiger partial charge on any atom is 0.227 e. The van der Waals surface area contributed by atoms with Gasteiger partial charge in [-0.2, -0.15) is 4.98 Å². The summed E-state index contributed by atoms with van der Waals surface area (Å²) < 4.78 is 18.2. The van der Waals surface area contributed by atoms with Gasteiger partial charge in [0.25, 0.3) is 0 Å². The van der Waals surface area contributed by atoms with Crippen LogP contribution in [0.4, 0.5) is 10.1 Å². The molecular formula is C20H18FN3O2. The van der Waals surface area contributed by atoms with E-state index in [9.17, 15) is 9.18 Å². The third-order valence-corrected chi connectivity index (χ3v) is 4.53. The van der Waals surface area contributed by atoms with E-state index < -0.39 is 0 Å². The molecule has 0 aliphatic carbocycles. The number of amides is 1. The molecule has 1 aliphatic heterocycles. The first kappa shape index (κ1) is 16.4. The zero-order chi connectivity index (χ0) is 17.9. The number of benzene rings is 2. The lowest BCUT2D eigenvalue weighted by Crippen LogP contribution is -2.35. The monoisotopic (exact) mass is 351 g/mol. The number of aromatic nitrogens is 2. The minimum Gasteiger partial charge on any atom is -0.339 e. The number of carbonyl (C=O) groups excluding carboxylic acids is 1. The van der Waals surface area contributed by atoms with Crippen LogP contribution in [-0.2, 0) is 17.6 Å². The van der Waals surface area contributed by atoms with Crippen molar-refractivity contribution in [1.29, 1.82) is 0 Å². The van der Waals surface area contributed by atoms with Crippen molar-refractivity contribution in [3.8, 4) is 11.4 Å². The molecule has 0 fully saturated rings. The van der Waals surface area contributed by atoms with Crippen LogP contribution in [0.25, 0.3) is 11.4 Å². The topological polar surface area (TPSA) is 59.2 Å². The second kappa shape index (κ2) is 7.07. The first-order valence-electron chi connectivity index (χ1n) is 8.67. The third-order valence-electron chi connectivity index (χ3n) is 4.53. The van der Waals surface area contributed by atoms with Gasteiger partial charge < -0.3 is 9.42 Å². The predicted octanol–water partition coefficient (Wildman–Crippen LogP) is 3.79. The van der Waals surface area contributed by atoms with Crippen molar-refractivity contribution in [3.05, 3.63) is 65.8 Å². The lowest BCUT2D eigenvalue weighted by atomic mass is 10.0. The Morgan fingerprint density at radius 1 is 1.15 bits per heavy atom. The van der Waals surface area contributed by atoms with Crippen molar-refractivity contribution in [2.24, 2.45) is 0 Å². The number of halogens is 1. The molecule has 5 nitrogen and oxygen atoms in total. The van der Waals surface area contributed by atoms with Gasteiger partial charge in [0.15, 0.2) is 0 Å². The second-order valence-electron chi connectivity index (χ2n) is 6.30. The van der Waals surface area contributed by atoms with E-state index in [1.807, 2.05) is 23.1 Å². The van der Waals surface area contributed by atoms with E-state index in [2.05, 4.69) is 16.2 Å². The Hall–Kier alpha value is -3.02. The van der Waals surface area contributed by atoms with Crippen molar-refractivity contribution in [3.63, 3.8) is 0 Å². The number of hydrogen-bond acceptors (Lipinski definition) is 4. The normalized spacial score (nSPS) is 13.5. The molecule has 0 unspecified atom stereocenters. The highest BCUT2D eigenvalue weighted by Crippen LogP contribution is 2.27. The molecule has 1 aromatic heterocycles. The molecule has 0 radical (unpaired) electrons. The lowest BCUT2D eigenvalue weighted by Gasteiger charge is -2.29. The molecule has 1 amide bonds. The van der Waals surface area contributed by atoms with E-state index in [1.165, 1.54) is 17.7 Å². The molecule has 0 atom stereocenters. The molecule has 26 heavy (non-hydrogen) atoms. The number of anilines is 1. The van der Waals surface area contributed by atoms with Crippen molar-refractivity contribution in [2.45, 2.75) is 25.7 Å². The minimum absolute atomic E-state index is 0.0543. The van der Waals surface area contributed by atoms with Crippen molar-refractivity contribution in [1.82, 2.24) is 10.1 Å². The van der Waals surface area contributed by atoms with Crippen LogP contribution < -0.4 is 4.90 Å². The molecule has 0 N–H and O–H groups in total. The molecule has 0 saturated heterocycles. The fraction of sp³-hybridized carbons (Fsp3) is 0.250. The molecule has 0 spiro atoms. The Labute approximate surface area is 150 Å². The Morgan fingerprint density at radius 2 is 1.96 bits per heavy atom. The lowest BCUT2D eigenvalue weighted by molar-refractivity contribution is -0.118.